The Kier molecular flexibility index (Phi) is 5.25. The number of anilines is 2. The van der Waals surface area contributed by atoms with Crippen molar-refractivity contribution in [1.29, 1.82) is 0 Å². The largest absolute Gasteiger partial charge is 0.372 e. The van der Waals surface area contributed by atoms with E-state index in [-0.39, 0.29) is 17.6 Å². The summed E-state index contributed by atoms with van der Waals surface area (Å²) in [6.07, 6.45) is 2.19. The van der Waals surface area contributed by atoms with E-state index in [1.54, 1.807) is 16.8 Å². The molecule has 0 saturated carbocycles. The summed E-state index contributed by atoms with van der Waals surface area (Å²) in [5, 5.41) is 8.09. The van der Waals surface area contributed by atoms with E-state index in [1.807, 2.05) is 0 Å². The summed E-state index contributed by atoms with van der Waals surface area (Å²) < 4.78 is 15.2. The number of hydrogen-bond donors (Lipinski definition) is 1. The standard InChI is InChI=1S/C25H26FN5O/c1-3-30(4-2)19-14-10-16(11-15-19)23-22-20(6-5-7-21(22)32)27-25-28-24(29-31(23)25)17-8-12-18(26)13-9-17/h8-15,23H,3-7H2,1-2H3,(H,27,28,29). The summed E-state index contributed by atoms with van der Waals surface area (Å²) in [5.41, 5.74) is 4.60. The number of benzene rings is 2. The summed E-state index contributed by atoms with van der Waals surface area (Å²) in [4.78, 5) is 20.0. The zero-order valence-corrected chi connectivity index (χ0v) is 18.3. The van der Waals surface area contributed by atoms with Crippen LogP contribution in [-0.4, -0.2) is 33.6 Å². The molecule has 2 aromatic carbocycles. The Labute approximate surface area is 186 Å². The third-order valence-corrected chi connectivity index (χ3v) is 6.31. The monoisotopic (exact) mass is 431 g/mol. The molecule has 0 amide bonds. The second kappa shape index (κ2) is 8.22. The zero-order chi connectivity index (χ0) is 22.2. The number of allylic oxidation sites excluding steroid dienone is 2. The average Bonchev–Trinajstić information content (AvgIpc) is 3.23. The first-order valence-electron chi connectivity index (χ1n) is 11.2. The van der Waals surface area contributed by atoms with Crippen LogP contribution in [0.5, 0.6) is 0 Å². The summed E-state index contributed by atoms with van der Waals surface area (Å²) in [6, 6.07) is 14.2. The minimum absolute atomic E-state index is 0.154. The number of carbonyl (C=O) groups is 1. The number of fused-ring (bicyclic) bond motifs is 1. The van der Waals surface area contributed by atoms with Crippen LogP contribution in [-0.2, 0) is 4.79 Å². The van der Waals surface area contributed by atoms with Gasteiger partial charge in [0.1, 0.15) is 11.9 Å². The molecule has 32 heavy (non-hydrogen) atoms. The van der Waals surface area contributed by atoms with E-state index in [0.717, 1.165) is 54.0 Å². The van der Waals surface area contributed by atoms with Gasteiger partial charge < -0.3 is 10.2 Å². The lowest BCUT2D eigenvalue weighted by molar-refractivity contribution is -0.116. The molecule has 6 nitrogen and oxygen atoms in total. The van der Waals surface area contributed by atoms with Gasteiger partial charge in [0, 0.05) is 42.0 Å². The fraction of sp³-hybridized carbons (Fsp3) is 0.320. The van der Waals surface area contributed by atoms with Crippen molar-refractivity contribution in [1.82, 2.24) is 14.8 Å². The quantitative estimate of drug-likeness (QED) is 0.619. The Hall–Kier alpha value is -3.48. The van der Waals surface area contributed by atoms with Crippen LogP contribution in [0.4, 0.5) is 16.0 Å². The molecule has 1 atom stereocenters. The maximum atomic E-state index is 13.4. The second-order valence-electron chi connectivity index (χ2n) is 8.17. The number of halogens is 1. The Bertz CT molecular complexity index is 1180. The molecule has 1 aromatic heterocycles. The molecule has 1 N–H and O–H groups in total. The van der Waals surface area contributed by atoms with Gasteiger partial charge in [-0.05, 0) is 68.7 Å². The van der Waals surface area contributed by atoms with E-state index in [1.165, 1.54) is 12.1 Å². The van der Waals surface area contributed by atoms with Crippen molar-refractivity contribution in [3.8, 4) is 11.4 Å². The van der Waals surface area contributed by atoms with Gasteiger partial charge in [0.25, 0.3) is 0 Å². The minimum Gasteiger partial charge on any atom is -0.372 e. The number of Topliss-reactive ketones (excluding diaryl/α,β-unsaturated/α-hetero) is 1. The molecule has 0 radical (unpaired) electrons. The molecule has 1 aliphatic heterocycles. The Morgan fingerprint density at radius 3 is 2.47 bits per heavy atom. The fourth-order valence-corrected chi connectivity index (χ4v) is 4.64. The molecular formula is C25H26FN5O. The van der Waals surface area contributed by atoms with Gasteiger partial charge in [-0.3, -0.25) is 4.79 Å². The van der Waals surface area contributed by atoms with Gasteiger partial charge in [-0.25, -0.2) is 9.07 Å². The first-order chi connectivity index (χ1) is 15.6. The second-order valence-corrected chi connectivity index (χ2v) is 8.17. The van der Waals surface area contributed by atoms with Crippen LogP contribution in [0.1, 0.15) is 44.7 Å². The van der Waals surface area contributed by atoms with Crippen LogP contribution in [0.15, 0.2) is 59.8 Å². The average molecular weight is 432 g/mol. The lowest BCUT2D eigenvalue weighted by Gasteiger charge is -2.32. The maximum absolute atomic E-state index is 13.4. The van der Waals surface area contributed by atoms with E-state index >= 15 is 0 Å². The van der Waals surface area contributed by atoms with E-state index in [0.29, 0.717) is 18.2 Å². The lowest BCUT2D eigenvalue weighted by atomic mass is 9.85. The van der Waals surface area contributed by atoms with E-state index in [9.17, 15) is 9.18 Å². The topological polar surface area (TPSA) is 63.1 Å². The predicted molar refractivity (Wildman–Crippen MR) is 123 cm³/mol. The molecule has 3 aromatic rings. The van der Waals surface area contributed by atoms with Crippen LogP contribution in [0.2, 0.25) is 0 Å². The van der Waals surface area contributed by atoms with Gasteiger partial charge in [-0.2, -0.15) is 4.98 Å². The van der Waals surface area contributed by atoms with Gasteiger partial charge in [0.05, 0.1) is 0 Å². The number of nitrogens with zero attached hydrogens (tertiary/aromatic N) is 4. The molecule has 1 aliphatic carbocycles. The first kappa shape index (κ1) is 20.4. The zero-order valence-electron chi connectivity index (χ0n) is 18.3. The molecule has 0 bridgehead atoms. The third kappa shape index (κ3) is 3.47. The van der Waals surface area contributed by atoms with Gasteiger partial charge in [0.2, 0.25) is 5.95 Å². The fourth-order valence-electron chi connectivity index (χ4n) is 4.64. The van der Waals surface area contributed by atoms with Crippen molar-refractivity contribution in [2.24, 2.45) is 0 Å². The van der Waals surface area contributed by atoms with Gasteiger partial charge in [-0.15, -0.1) is 5.10 Å². The predicted octanol–water partition coefficient (Wildman–Crippen LogP) is 4.95. The Balaban J connectivity index is 1.60. The summed E-state index contributed by atoms with van der Waals surface area (Å²) >= 11 is 0. The minimum atomic E-state index is -0.332. The smallest absolute Gasteiger partial charge is 0.226 e. The van der Waals surface area contributed by atoms with Crippen molar-refractivity contribution in [2.75, 3.05) is 23.3 Å². The molecule has 2 aliphatic rings. The van der Waals surface area contributed by atoms with Crippen molar-refractivity contribution in [2.45, 2.75) is 39.2 Å². The van der Waals surface area contributed by atoms with Crippen LogP contribution >= 0.6 is 0 Å². The number of nitrogens with one attached hydrogen (secondary N) is 1. The van der Waals surface area contributed by atoms with Crippen molar-refractivity contribution < 1.29 is 9.18 Å². The number of aromatic nitrogens is 3. The summed E-state index contributed by atoms with van der Waals surface area (Å²) in [5.74, 6) is 0.964. The highest BCUT2D eigenvalue weighted by molar-refractivity contribution is 5.99. The number of hydrogen-bond acceptors (Lipinski definition) is 5. The van der Waals surface area contributed by atoms with E-state index < -0.39 is 0 Å². The molecule has 2 heterocycles. The first-order valence-corrected chi connectivity index (χ1v) is 11.2. The van der Waals surface area contributed by atoms with Gasteiger partial charge in [-0.1, -0.05) is 12.1 Å². The van der Waals surface area contributed by atoms with Crippen LogP contribution < -0.4 is 10.2 Å². The van der Waals surface area contributed by atoms with Crippen LogP contribution in [0, 0.1) is 5.82 Å². The molecule has 5 rings (SSSR count). The van der Waals surface area contributed by atoms with E-state index in [2.05, 4.69) is 53.3 Å². The molecule has 0 saturated heterocycles. The van der Waals surface area contributed by atoms with Gasteiger partial charge in [0.15, 0.2) is 11.6 Å². The molecular weight excluding hydrogens is 405 g/mol. The number of carbonyl (C=O) groups excluding carboxylic acids is 1. The lowest BCUT2D eigenvalue weighted by Crippen LogP contribution is -2.31. The highest BCUT2D eigenvalue weighted by atomic mass is 19.1. The molecule has 7 heteroatoms. The van der Waals surface area contributed by atoms with Crippen LogP contribution in [0.3, 0.4) is 0 Å². The maximum Gasteiger partial charge on any atom is 0.226 e. The number of ketones is 1. The molecule has 1 unspecified atom stereocenters. The molecule has 0 spiro atoms. The highest BCUT2D eigenvalue weighted by Gasteiger charge is 2.36. The van der Waals surface area contributed by atoms with Crippen molar-refractivity contribution >= 4 is 17.4 Å². The van der Waals surface area contributed by atoms with Crippen molar-refractivity contribution in [3.05, 3.63) is 71.2 Å². The SMILES string of the molecule is CCN(CC)c1ccc(C2C3=C(CCCC3=O)Nc3nc(-c4ccc(F)cc4)nn32)cc1. The Morgan fingerprint density at radius 2 is 1.78 bits per heavy atom. The van der Waals surface area contributed by atoms with Crippen molar-refractivity contribution in [3.63, 3.8) is 0 Å². The van der Waals surface area contributed by atoms with Crippen LogP contribution in [0.25, 0.3) is 11.4 Å². The third-order valence-electron chi connectivity index (χ3n) is 6.31. The molecule has 164 valence electrons. The Morgan fingerprint density at radius 1 is 1.06 bits per heavy atom. The molecule has 0 fully saturated rings. The van der Waals surface area contributed by atoms with Gasteiger partial charge >= 0.3 is 0 Å². The summed E-state index contributed by atoms with van der Waals surface area (Å²) in [6.45, 7) is 6.15. The normalized spacial score (nSPS) is 17.6. The highest BCUT2D eigenvalue weighted by Crippen LogP contribution is 2.41. The number of rotatable bonds is 5. The van der Waals surface area contributed by atoms with E-state index in [4.69, 9.17) is 5.10 Å². The summed E-state index contributed by atoms with van der Waals surface area (Å²) in [7, 11) is 0.